The van der Waals surface area contributed by atoms with E-state index in [1.54, 1.807) is 0 Å². The van der Waals surface area contributed by atoms with Gasteiger partial charge in [-0.1, -0.05) is 32.6 Å². The first kappa shape index (κ1) is 16.0. The molecule has 0 bridgehead atoms. The molecule has 0 radical (unpaired) electrons. The first-order valence-electron chi connectivity index (χ1n) is 5.17. The standard InChI is InChI=1S/C9H16ClF3O2S/c1-2-3-4-5-6-8(16(10,14)15)7-9(11,12)13/h8H,2-7H2,1H3. The van der Waals surface area contributed by atoms with Gasteiger partial charge in [-0.3, -0.25) is 0 Å². The highest BCUT2D eigenvalue weighted by Gasteiger charge is 2.37. The molecule has 0 aromatic heterocycles. The smallest absolute Gasteiger partial charge is 0.212 e. The summed E-state index contributed by atoms with van der Waals surface area (Å²) in [6, 6.07) is 0. The molecule has 0 heterocycles. The lowest BCUT2D eigenvalue weighted by Crippen LogP contribution is -2.24. The van der Waals surface area contributed by atoms with Gasteiger partial charge >= 0.3 is 6.18 Å². The average Bonchev–Trinajstić information content (AvgIpc) is 2.06. The molecule has 0 aliphatic heterocycles. The summed E-state index contributed by atoms with van der Waals surface area (Å²) in [4.78, 5) is 0. The highest BCUT2D eigenvalue weighted by Crippen LogP contribution is 2.29. The molecule has 0 aliphatic carbocycles. The summed E-state index contributed by atoms with van der Waals surface area (Å²) in [6.45, 7) is 1.96. The fourth-order valence-corrected chi connectivity index (χ4v) is 2.69. The minimum Gasteiger partial charge on any atom is -0.212 e. The van der Waals surface area contributed by atoms with E-state index in [9.17, 15) is 21.6 Å². The maximum absolute atomic E-state index is 12.1. The molecule has 16 heavy (non-hydrogen) atoms. The molecule has 2 nitrogen and oxygen atoms in total. The predicted molar refractivity (Wildman–Crippen MR) is 58.0 cm³/mol. The van der Waals surface area contributed by atoms with Gasteiger partial charge in [0.25, 0.3) is 0 Å². The fourth-order valence-electron chi connectivity index (χ4n) is 1.40. The molecule has 0 saturated carbocycles. The van der Waals surface area contributed by atoms with E-state index in [0.29, 0.717) is 6.42 Å². The van der Waals surface area contributed by atoms with Crippen molar-refractivity contribution in [2.45, 2.75) is 56.9 Å². The second-order valence-electron chi connectivity index (χ2n) is 3.77. The Morgan fingerprint density at radius 3 is 2.12 bits per heavy atom. The van der Waals surface area contributed by atoms with Crippen molar-refractivity contribution < 1.29 is 21.6 Å². The quantitative estimate of drug-likeness (QED) is 0.524. The molecule has 1 atom stereocenters. The van der Waals surface area contributed by atoms with Crippen molar-refractivity contribution in [3.63, 3.8) is 0 Å². The maximum Gasteiger partial charge on any atom is 0.390 e. The second-order valence-corrected chi connectivity index (χ2v) is 6.67. The predicted octanol–water partition coefficient (Wildman–Crippen LogP) is 3.85. The molecule has 7 heteroatoms. The third kappa shape index (κ3) is 8.21. The molecule has 0 amide bonds. The topological polar surface area (TPSA) is 34.1 Å². The van der Waals surface area contributed by atoms with Crippen LogP contribution in [0.15, 0.2) is 0 Å². The molecule has 98 valence electrons. The van der Waals surface area contributed by atoms with Gasteiger partial charge in [0.2, 0.25) is 9.05 Å². The van der Waals surface area contributed by atoms with E-state index < -0.39 is 26.9 Å². The van der Waals surface area contributed by atoms with Crippen LogP contribution in [0.5, 0.6) is 0 Å². The maximum atomic E-state index is 12.1. The van der Waals surface area contributed by atoms with Crippen LogP contribution in [0.2, 0.25) is 0 Å². The van der Waals surface area contributed by atoms with Crippen molar-refractivity contribution in [3.05, 3.63) is 0 Å². The second kappa shape index (κ2) is 6.69. The monoisotopic (exact) mass is 280 g/mol. The fraction of sp³-hybridized carbons (Fsp3) is 1.00. The molecule has 0 N–H and O–H groups in total. The highest BCUT2D eigenvalue weighted by atomic mass is 35.7. The Bertz CT molecular complexity index is 288. The number of hydrogen-bond acceptors (Lipinski definition) is 2. The Balaban J connectivity index is 4.25. The summed E-state index contributed by atoms with van der Waals surface area (Å²) in [5.74, 6) is 0. The summed E-state index contributed by atoms with van der Waals surface area (Å²) < 4.78 is 58.1. The van der Waals surface area contributed by atoms with Crippen LogP contribution in [0, 0.1) is 0 Å². The van der Waals surface area contributed by atoms with Gasteiger partial charge < -0.3 is 0 Å². The van der Waals surface area contributed by atoms with Gasteiger partial charge in [0.15, 0.2) is 0 Å². The Hall–Kier alpha value is 0.0300. The Morgan fingerprint density at radius 1 is 1.19 bits per heavy atom. The van der Waals surface area contributed by atoms with E-state index in [2.05, 4.69) is 0 Å². The van der Waals surface area contributed by atoms with Crippen molar-refractivity contribution >= 4 is 19.7 Å². The molecule has 0 rings (SSSR count). The van der Waals surface area contributed by atoms with Crippen LogP contribution in [0.1, 0.15) is 45.4 Å². The van der Waals surface area contributed by atoms with Gasteiger partial charge in [-0.2, -0.15) is 13.2 Å². The minimum absolute atomic E-state index is 0.0225. The Kier molecular flexibility index (Phi) is 6.70. The molecule has 0 fully saturated rings. The van der Waals surface area contributed by atoms with Crippen LogP contribution in [0.25, 0.3) is 0 Å². The number of unbranched alkanes of at least 4 members (excludes halogenated alkanes) is 3. The van der Waals surface area contributed by atoms with Gasteiger partial charge in [-0.15, -0.1) is 0 Å². The lowest BCUT2D eigenvalue weighted by atomic mass is 10.1. The van der Waals surface area contributed by atoms with Crippen LogP contribution < -0.4 is 0 Å². The van der Waals surface area contributed by atoms with Gasteiger partial charge in [-0.25, -0.2) is 8.42 Å². The van der Waals surface area contributed by atoms with Crippen molar-refractivity contribution in [1.29, 1.82) is 0 Å². The molecule has 0 aromatic carbocycles. The molecular formula is C9H16ClF3O2S. The van der Waals surface area contributed by atoms with Crippen LogP contribution in [-0.4, -0.2) is 19.8 Å². The Labute approximate surface area is 98.6 Å². The number of alkyl halides is 3. The van der Waals surface area contributed by atoms with E-state index in [4.69, 9.17) is 10.7 Å². The SMILES string of the molecule is CCCCCCC(CC(F)(F)F)S(=O)(=O)Cl. The van der Waals surface area contributed by atoms with Crippen LogP contribution in [0.4, 0.5) is 13.2 Å². The first-order chi connectivity index (χ1) is 7.17. The molecule has 0 spiro atoms. The zero-order valence-corrected chi connectivity index (χ0v) is 10.6. The molecule has 0 aliphatic rings. The molecule has 0 saturated heterocycles. The van der Waals surface area contributed by atoms with E-state index >= 15 is 0 Å². The first-order valence-corrected chi connectivity index (χ1v) is 7.54. The van der Waals surface area contributed by atoms with Crippen molar-refractivity contribution in [2.75, 3.05) is 0 Å². The van der Waals surface area contributed by atoms with Gasteiger partial charge in [-0.05, 0) is 6.42 Å². The largest absolute Gasteiger partial charge is 0.390 e. The summed E-state index contributed by atoms with van der Waals surface area (Å²) in [7, 11) is 0.857. The van der Waals surface area contributed by atoms with E-state index in [0.717, 1.165) is 19.3 Å². The lowest BCUT2D eigenvalue weighted by molar-refractivity contribution is -0.134. The average molecular weight is 281 g/mol. The van der Waals surface area contributed by atoms with Crippen molar-refractivity contribution in [1.82, 2.24) is 0 Å². The van der Waals surface area contributed by atoms with Gasteiger partial charge in [0.1, 0.15) is 0 Å². The summed E-state index contributed by atoms with van der Waals surface area (Å²) >= 11 is 0. The van der Waals surface area contributed by atoms with E-state index in [1.165, 1.54) is 0 Å². The van der Waals surface area contributed by atoms with Gasteiger partial charge in [0, 0.05) is 10.7 Å². The summed E-state index contributed by atoms with van der Waals surface area (Å²) in [5.41, 5.74) is 0. The zero-order valence-electron chi connectivity index (χ0n) is 9.06. The summed E-state index contributed by atoms with van der Waals surface area (Å²) in [6.07, 6.45) is -2.84. The highest BCUT2D eigenvalue weighted by molar-refractivity contribution is 8.14. The lowest BCUT2D eigenvalue weighted by Gasteiger charge is -2.15. The number of halogens is 4. The number of hydrogen-bond donors (Lipinski definition) is 0. The van der Waals surface area contributed by atoms with Gasteiger partial charge in [0.05, 0.1) is 11.7 Å². The molecular weight excluding hydrogens is 265 g/mol. The third-order valence-electron chi connectivity index (χ3n) is 2.24. The van der Waals surface area contributed by atoms with E-state index in [-0.39, 0.29) is 6.42 Å². The zero-order chi connectivity index (χ0) is 12.8. The summed E-state index contributed by atoms with van der Waals surface area (Å²) in [5, 5.41) is -1.51. The molecule has 0 aromatic rings. The minimum atomic E-state index is -4.49. The molecule has 1 unspecified atom stereocenters. The van der Waals surface area contributed by atoms with Crippen LogP contribution in [-0.2, 0) is 9.05 Å². The Morgan fingerprint density at radius 2 is 1.75 bits per heavy atom. The van der Waals surface area contributed by atoms with Crippen molar-refractivity contribution in [3.8, 4) is 0 Å². The normalized spacial score (nSPS) is 15.1. The number of rotatable bonds is 7. The van der Waals surface area contributed by atoms with E-state index in [1.807, 2.05) is 6.92 Å². The van der Waals surface area contributed by atoms with Crippen LogP contribution in [0.3, 0.4) is 0 Å². The van der Waals surface area contributed by atoms with Crippen LogP contribution >= 0.6 is 10.7 Å². The third-order valence-corrected chi connectivity index (χ3v) is 4.19. The van der Waals surface area contributed by atoms with Crippen molar-refractivity contribution in [2.24, 2.45) is 0 Å².